The maximum atomic E-state index is 8.10. The molecule has 0 aromatic heterocycles. The summed E-state index contributed by atoms with van der Waals surface area (Å²) in [5, 5.41) is 32.4. The first kappa shape index (κ1) is 8.59. The van der Waals surface area contributed by atoms with E-state index in [1.165, 1.54) is 24.1 Å². The van der Waals surface area contributed by atoms with E-state index in [1.807, 2.05) is 0 Å². The minimum atomic E-state index is -0.622. The van der Waals surface area contributed by atoms with Gasteiger partial charge in [0.15, 0.2) is 0 Å². The maximum Gasteiger partial charge on any atom is 0.510 e. The van der Waals surface area contributed by atoms with Crippen LogP contribution in [0, 0.1) is 34.0 Å². The standard InChI is InChI=1S/C6N4O/c7-1-5(2-8)11-6(3-9)4-10. The minimum absolute atomic E-state index is 0.622. The Morgan fingerprint density at radius 1 is 1.09 bits per heavy atom. The molecule has 0 saturated carbocycles. The SMILES string of the molecule is N#CC(=C=[N-])[O+]=C(C#N)C#N. The van der Waals surface area contributed by atoms with E-state index >= 15 is 0 Å². The van der Waals surface area contributed by atoms with Crippen molar-refractivity contribution in [3.05, 3.63) is 11.2 Å². The number of allylic oxidation sites excluding steroid dienone is 1. The Balaban J connectivity index is 4.90. The molecule has 0 aliphatic carbocycles. The third kappa shape index (κ3) is 2.58. The molecule has 0 saturated heterocycles. The third-order valence-corrected chi connectivity index (χ3v) is 0.610. The van der Waals surface area contributed by atoms with Gasteiger partial charge in [0, 0.05) is 0 Å². The molecule has 0 fully saturated rings. The van der Waals surface area contributed by atoms with Crippen molar-refractivity contribution in [2.24, 2.45) is 0 Å². The zero-order valence-corrected chi connectivity index (χ0v) is 5.20. The highest BCUT2D eigenvalue weighted by Gasteiger charge is 2.11. The molecule has 0 aliphatic rings. The van der Waals surface area contributed by atoms with Crippen LogP contribution in [0.2, 0.25) is 0 Å². The third-order valence-electron chi connectivity index (χ3n) is 0.610. The Morgan fingerprint density at radius 3 is 1.91 bits per heavy atom. The Bertz CT molecular complexity index is 338. The van der Waals surface area contributed by atoms with Crippen molar-refractivity contribution < 1.29 is 4.42 Å². The summed E-state index contributed by atoms with van der Waals surface area (Å²) < 4.78 is 4.24. The molecule has 0 amide bonds. The number of hydrogen-bond donors (Lipinski definition) is 0. The van der Waals surface area contributed by atoms with Gasteiger partial charge in [-0.1, -0.05) is 0 Å². The van der Waals surface area contributed by atoms with Crippen LogP contribution in [0.1, 0.15) is 0 Å². The van der Waals surface area contributed by atoms with Gasteiger partial charge in [-0.15, -0.1) is 5.87 Å². The summed E-state index contributed by atoms with van der Waals surface area (Å²) in [6.07, 6.45) is 0. The van der Waals surface area contributed by atoms with Gasteiger partial charge in [0.2, 0.25) is 18.2 Å². The van der Waals surface area contributed by atoms with Gasteiger partial charge in [-0.2, -0.15) is 20.2 Å². The lowest BCUT2D eigenvalue weighted by Crippen LogP contribution is -1.94. The average molecular weight is 144 g/mol. The Labute approximate surface area is 62.2 Å². The molecule has 0 N–H and O–H groups in total. The van der Waals surface area contributed by atoms with Crippen molar-refractivity contribution in [3.63, 3.8) is 0 Å². The van der Waals surface area contributed by atoms with E-state index in [1.54, 1.807) is 0 Å². The summed E-state index contributed by atoms with van der Waals surface area (Å²) in [6, 6.07) is 4.08. The van der Waals surface area contributed by atoms with E-state index in [0.717, 1.165) is 0 Å². The summed E-state index contributed by atoms with van der Waals surface area (Å²) >= 11 is 0. The van der Waals surface area contributed by atoms with Crippen molar-refractivity contribution in [1.82, 2.24) is 0 Å². The zero-order chi connectivity index (χ0) is 8.69. The summed E-state index contributed by atoms with van der Waals surface area (Å²) in [5.74, 6) is 0.117. The lowest BCUT2D eigenvalue weighted by Gasteiger charge is -1.67. The Morgan fingerprint density at radius 2 is 1.64 bits per heavy atom. The van der Waals surface area contributed by atoms with Crippen LogP contribution in [0.15, 0.2) is 5.76 Å². The lowest BCUT2D eigenvalue weighted by atomic mass is 10.5. The fourth-order valence-corrected chi connectivity index (χ4v) is 0.243. The van der Waals surface area contributed by atoms with Gasteiger partial charge in [-0.25, -0.2) is 0 Å². The van der Waals surface area contributed by atoms with Crippen LogP contribution < -0.4 is 0 Å². The molecule has 0 bridgehead atoms. The molecule has 0 aliphatic heterocycles. The average Bonchev–Trinajstić information content (AvgIpc) is 2.07. The number of nitrogens with zero attached hydrogens (tertiary/aromatic N) is 4. The van der Waals surface area contributed by atoms with E-state index < -0.39 is 11.5 Å². The molecular formula is C6N4O. The normalized spacial score (nSPS) is 5.91. The largest absolute Gasteiger partial charge is 0.755 e. The maximum absolute atomic E-state index is 8.10. The number of nitriles is 3. The van der Waals surface area contributed by atoms with Crippen LogP contribution in [0.25, 0.3) is 5.41 Å². The van der Waals surface area contributed by atoms with Gasteiger partial charge < -0.3 is 5.41 Å². The quantitative estimate of drug-likeness (QED) is 0.167. The first-order valence-electron chi connectivity index (χ1n) is 2.30. The Hall–Kier alpha value is -2.41. The van der Waals surface area contributed by atoms with Crippen molar-refractivity contribution in [2.75, 3.05) is 0 Å². The number of ketones is 1. The zero-order valence-electron chi connectivity index (χ0n) is 5.20. The van der Waals surface area contributed by atoms with Crippen LogP contribution in [0.3, 0.4) is 0 Å². The number of hydrogen-bond acceptors (Lipinski definition) is 3. The second-order valence-corrected chi connectivity index (χ2v) is 1.21. The van der Waals surface area contributed by atoms with E-state index in [-0.39, 0.29) is 0 Å². The molecule has 0 rings (SSSR count). The molecule has 0 unspecified atom stereocenters. The molecule has 0 radical (unpaired) electrons. The second-order valence-electron chi connectivity index (χ2n) is 1.21. The topological polar surface area (TPSA) is 105 Å². The number of carbonyl (C=O) groups excluding carboxylic acids is 1. The fourth-order valence-electron chi connectivity index (χ4n) is 0.243. The van der Waals surface area contributed by atoms with Gasteiger partial charge in [0.25, 0.3) is 0 Å². The predicted octanol–water partition coefficient (Wildman–Crippen LogP) is -0.215. The van der Waals surface area contributed by atoms with Crippen LogP contribution in [0.5, 0.6) is 0 Å². The van der Waals surface area contributed by atoms with Gasteiger partial charge in [0.1, 0.15) is 0 Å². The summed E-state index contributed by atoms with van der Waals surface area (Å²) in [7, 11) is 0. The molecule has 0 aromatic carbocycles. The van der Waals surface area contributed by atoms with Crippen molar-refractivity contribution in [3.8, 4) is 18.2 Å². The summed E-state index contributed by atoms with van der Waals surface area (Å²) in [6.45, 7) is 0. The van der Waals surface area contributed by atoms with Gasteiger partial charge in [0.05, 0.1) is 0 Å². The molecule has 0 heterocycles. The van der Waals surface area contributed by atoms with E-state index in [0.29, 0.717) is 0 Å². The van der Waals surface area contributed by atoms with Crippen molar-refractivity contribution in [2.45, 2.75) is 0 Å². The molecule has 11 heavy (non-hydrogen) atoms. The van der Waals surface area contributed by atoms with Gasteiger partial charge in [-0.3, -0.25) is 0 Å². The Kier molecular flexibility index (Phi) is 3.49. The monoisotopic (exact) mass is 144 g/mol. The molecule has 0 spiro atoms. The number of rotatable bonds is 1. The molecule has 0 atom stereocenters. The molecule has 0 aromatic rings. The van der Waals surface area contributed by atoms with Crippen LogP contribution in [0.4, 0.5) is 0 Å². The highest BCUT2D eigenvalue weighted by Crippen LogP contribution is 1.80. The molecule has 5 nitrogen and oxygen atoms in total. The first-order chi connectivity index (χ1) is 5.28. The molecular weight excluding hydrogens is 144 g/mol. The highest BCUT2D eigenvalue weighted by molar-refractivity contribution is 6.06. The summed E-state index contributed by atoms with van der Waals surface area (Å²) in [5.41, 5.74) is 0. The van der Waals surface area contributed by atoms with Gasteiger partial charge >= 0.3 is 11.5 Å². The van der Waals surface area contributed by atoms with Crippen LogP contribution >= 0.6 is 0 Å². The summed E-state index contributed by atoms with van der Waals surface area (Å²) in [4.78, 5) is 0. The molecule has 5 heteroatoms. The smallest absolute Gasteiger partial charge is 0.510 e. The van der Waals surface area contributed by atoms with Crippen LogP contribution in [-0.2, 0) is 4.42 Å². The predicted molar refractivity (Wildman–Crippen MR) is 33.7 cm³/mol. The lowest BCUT2D eigenvalue weighted by molar-refractivity contribution is -0.383. The minimum Gasteiger partial charge on any atom is -0.755 e. The van der Waals surface area contributed by atoms with E-state index in [2.05, 4.69) is 4.42 Å². The first-order valence-corrected chi connectivity index (χ1v) is 2.30. The molecule has 50 valence electrons. The van der Waals surface area contributed by atoms with Gasteiger partial charge in [-0.05, 0) is 0 Å². The second kappa shape index (κ2) is 4.47. The van der Waals surface area contributed by atoms with Crippen molar-refractivity contribution >= 4 is 11.7 Å². The van der Waals surface area contributed by atoms with E-state index in [4.69, 9.17) is 21.2 Å². The van der Waals surface area contributed by atoms with E-state index in [9.17, 15) is 0 Å². The van der Waals surface area contributed by atoms with Crippen LogP contribution in [-0.4, -0.2) is 11.7 Å². The highest BCUT2D eigenvalue weighted by atomic mass is 16.4. The fraction of sp³-hybridized carbons (Fsp3) is 0. The van der Waals surface area contributed by atoms with Crippen molar-refractivity contribution in [1.29, 1.82) is 15.8 Å².